The summed E-state index contributed by atoms with van der Waals surface area (Å²) in [5.74, 6) is 0. The van der Waals surface area contributed by atoms with Crippen molar-refractivity contribution < 1.29 is 0 Å². The molecule has 0 aliphatic rings. The van der Waals surface area contributed by atoms with E-state index in [1.165, 1.54) is 0 Å². The van der Waals surface area contributed by atoms with Crippen molar-refractivity contribution in [3.8, 4) is 0 Å². The molecule has 2 nitrogen and oxygen atoms in total. The van der Waals surface area contributed by atoms with Gasteiger partial charge in [0.05, 0.1) is 0 Å². The van der Waals surface area contributed by atoms with E-state index in [-0.39, 0.29) is 0 Å². The summed E-state index contributed by atoms with van der Waals surface area (Å²) in [7, 11) is 0. The molecule has 0 unspecified atom stereocenters. The maximum atomic E-state index is 4.63. The van der Waals surface area contributed by atoms with Gasteiger partial charge in [0.1, 0.15) is 0 Å². The minimum Gasteiger partial charge on any atom is -0.282 e. The number of H-pyrrole nitrogens is 1. The highest BCUT2D eigenvalue weighted by molar-refractivity contribution is 7.78. The molecule has 0 aliphatic carbocycles. The van der Waals surface area contributed by atoms with E-state index in [1.54, 1.807) is 11.6 Å². The SMILES string of the molecule is S=CCc1ccn[nH]1. The molecule has 0 bridgehead atoms. The van der Waals surface area contributed by atoms with Crippen LogP contribution in [-0.4, -0.2) is 15.6 Å². The van der Waals surface area contributed by atoms with E-state index in [4.69, 9.17) is 0 Å². The lowest BCUT2D eigenvalue weighted by Gasteiger charge is -1.80. The predicted octanol–water partition coefficient (Wildman–Crippen LogP) is 0.952. The molecule has 8 heavy (non-hydrogen) atoms. The standard InChI is InChI=1S/C5H6N2S/c8-4-2-5-1-3-6-7-5/h1,3-4H,2H2,(H,6,7). The van der Waals surface area contributed by atoms with Gasteiger partial charge in [0, 0.05) is 18.3 Å². The molecule has 1 aromatic heterocycles. The number of rotatable bonds is 2. The average Bonchev–Trinajstić information content (AvgIpc) is 2.19. The summed E-state index contributed by atoms with van der Waals surface area (Å²) >= 11 is 4.63. The van der Waals surface area contributed by atoms with Crippen LogP contribution in [0.1, 0.15) is 5.69 Å². The number of aromatic nitrogens is 2. The first-order valence-corrected chi connectivity index (χ1v) is 2.82. The van der Waals surface area contributed by atoms with Crippen LogP contribution in [0.3, 0.4) is 0 Å². The Balaban J connectivity index is 2.62. The van der Waals surface area contributed by atoms with Gasteiger partial charge in [-0.15, -0.1) is 0 Å². The van der Waals surface area contributed by atoms with Gasteiger partial charge < -0.3 is 0 Å². The molecule has 3 heteroatoms. The van der Waals surface area contributed by atoms with E-state index in [1.807, 2.05) is 6.07 Å². The Hall–Kier alpha value is -0.700. The lowest BCUT2D eigenvalue weighted by atomic mass is 10.3. The number of thiocarbonyl (C=S) groups is 1. The highest BCUT2D eigenvalue weighted by atomic mass is 32.1. The second-order valence-corrected chi connectivity index (χ2v) is 1.79. The molecule has 1 heterocycles. The summed E-state index contributed by atoms with van der Waals surface area (Å²) in [5.41, 5.74) is 1.07. The zero-order chi connectivity index (χ0) is 5.82. The molecule has 0 aliphatic heterocycles. The molecule has 0 radical (unpaired) electrons. The van der Waals surface area contributed by atoms with Crippen LogP contribution in [0.2, 0.25) is 0 Å². The molecule has 0 amide bonds. The van der Waals surface area contributed by atoms with Crippen molar-refractivity contribution in [3.05, 3.63) is 18.0 Å². The van der Waals surface area contributed by atoms with Gasteiger partial charge in [-0.2, -0.15) is 5.10 Å². The van der Waals surface area contributed by atoms with Gasteiger partial charge in [-0.05, 0) is 11.4 Å². The van der Waals surface area contributed by atoms with Gasteiger partial charge in [0.15, 0.2) is 0 Å². The lowest BCUT2D eigenvalue weighted by Crippen LogP contribution is -1.82. The van der Waals surface area contributed by atoms with Gasteiger partial charge in [-0.25, -0.2) is 0 Å². The number of hydrogen-bond acceptors (Lipinski definition) is 2. The Labute approximate surface area is 52.9 Å². The first-order valence-electron chi connectivity index (χ1n) is 2.35. The zero-order valence-corrected chi connectivity index (χ0v) is 5.11. The summed E-state index contributed by atoms with van der Waals surface area (Å²) in [6, 6.07) is 1.91. The molecule has 1 rings (SSSR count). The first-order chi connectivity index (χ1) is 3.93. The number of hydrogen-bond donors (Lipinski definition) is 1. The predicted molar refractivity (Wildman–Crippen MR) is 35.9 cm³/mol. The summed E-state index contributed by atoms with van der Waals surface area (Å²) in [6.45, 7) is 0. The fourth-order valence-electron chi connectivity index (χ4n) is 0.488. The molecular formula is C5H6N2S. The quantitative estimate of drug-likeness (QED) is 0.598. The van der Waals surface area contributed by atoms with Crippen LogP contribution in [0, 0.1) is 0 Å². The molecule has 0 saturated heterocycles. The van der Waals surface area contributed by atoms with Gasteiger partial charge in [0.25, 0.3) is 0 Å². The van der Waals surface area contributed by atoms with Crippen molar-refractivity contribution in [2.24, 2.45) is 0 Å². The summed E-state index contributed by atoms with van der Waals surface area (Å²) in [4.78, 5) is 0. The number of aromatic amines is 1. The average molecular weight is 126 g/mol. The largest absolute Gasteiger partial charge is 0.282 e. The van der Waals surface area contributed by atoms with Crippen LogP contribution in [0.15, 0.2) is 12.3 Å². The Kier molecular flexibility index (Phi) is 1.75. The third-order valence-corrected chi connectivity index (χ3v) is 1.03. The summed E-state index contributed by atoms with van der Waals surface area (Å²) in [6.07, 6.45) is 2.52. The van der Waals surface area contributed by atoms with E-state index in [2.05, 4.69) is 22.4 Å². The third kappa shape index (κ3) is 1.13. The maximum absolute atomic E-state index is 4.63. The molecule has 1 N–H and O–H groups in total. The van der Waals surface area contributed by atoms with Gasteiger partial charge in [-0.1, -0.05) is 12.2 Å². The topological polar surface area (TPSA) is 28.7 Å². The molecule has 0 atom stereocenters. The van der Waals surface area contributed by atoms with Crippen LogP contribution < -0.4 is 0 Å². The fraction of sp³-hybridized carbons (Fsp3) is 0.200. The van der Waals surface area contributed by atoms with Crippen molar-refractivity contribution >= 4 is 17.6 Å². The van der Waals surface area contributed by atoms with Gasteiger partial charge >= 0.3 is 0 Å². The Morgan fingerprint density at radius 3 is 3.25 bits per heavy atom. The smallest absolute Gasteiger partial charge is 0.0490 e. The van der Waals surface area contributed by atoms with Crippen LogP contribution in [0.5, 0.6) is 0 Å². The van der Waals surface area contributed by atoms with Crippen LogP contribution >= 0.6 is 12.2 Å². The van der Waals surface area contributed by atoms with E-state index in [0.717, 1.165) is 12.1 Å². The van der Waals surface area contributed by atoms with Gasteiger partial charge in [-0.3, -0.25) is 5.10 Å². The Morgan fingerprint density at radius 2 is 2.75 bits per heavy atom. The fourth-order valence-corrected chi connectivity index (χ4v) is 0.668. The van der Waals surface area contributed by atoms with Crippen LogP contribution in [0.4, 0.5) is 0 Å². The van der Waals surface area contributed by atoms with Crippen molar-refractivity contribution in [1.29, 1.82) is 0 Å². The molecule has 0 saturated carbocycles. The monoisotopic (exact) mass is 126 g/mol. The highest BCUT2D eigenvalue weighted by Gasteiger charge is 1.85. The molecular weight excluding hydrogens is 120 g/mol. The second kappa shape index (κ2) is 2.57. The minimum absolute atomic E-state index is 0.801. The Bertz CT molecular complexity index is 157. The summed E-state index contributed by atoms with van der Waals surface area (Å²) in [5, 5.41) is 8.21. The molecule has 0 spiro atoms. The van der Waals surface area contributed by atoms with E-state index in [9.17, 15) is 0 Å². The van der Waals surface area contributed by atoms with E-state index < -0.39 is 0 Å². The zero-order valence-electron chi connectivity index (χ0n) is 4.29. The second-order valence-electron chi connectivity index (χ2n) is 1.45. The van der Waals surface area contributed by atoms with Crippen molar-refractivity contribution in [2.45, 2.75) is 6.42 Å². The molecule has 42 valence electrons. The lowest BCUT2D eigenvalue weighted by molar-refractivity contribution is 1.03. The van der Waals surface area contributed by atoms with E-state index in [0.29, 0.717) is 0 Å². The minimum atomic E-state index is 0.801. The van der Waals surface area contributed by atoms with Crippen LogP contribution in [-0.2, 0) is 6.42 Å². The van der Waals surface area contributed by atoms with Gasteiger partial charge in [0.2, 0.25) is 0 Å². The Morgan fingerprint density at radius 1 is 1.88 bits per heavy atom. The van der Waals surface area contributed by atoms with Crippen molar-refractivity contribution in [3.63, 3.8) is 0 Å². The molecule has 0 fully saturated rings. The maximum Gasteiger partial charge on any atom is 0.0490 e. The van der Waals surface area contributed by atoms with Crippen molar-refractivity contribution in [1.82, 2.24) is 10.2 Å². The normalized spacial score (nSPS) is 9.00. The number of nitrogens with one attached hydrogen (secondary N) is 1. The first kappa shape index (κ1) is 5.44. The highest BCUT2D eigenvalue weighted by Crippen LogP contribution is 1.88. The van der Waals surface area contributed by atoms with Crippen molar-refractivity contribution in [2.75, 3.05) is 0 Å². The van der Waals surface area contributed by atoms with E-state index >= 15 is 0 Å². The van der Waals surface area contributed by atoms with Crippen LogP contribution in [0.25, 0.3) is 0 Å². The third-order valence-electron chi connectivity index (χ3n) is 0.862. The summed E-state index contributed by atoms with van der Waals surface area (Å²) < 4.78 is 0. The molecule has 1 aromatic rings. The molecule has 0 aromatic carbocycles. The number of nitrogens with zero attached hydrogens (tertiary/aromatic N) is 1.